The first-order valence-electron chi connectivity index (χ1n) is 9.14. The summed E-state index contributed by atoms with van der Waals surface area (Å²) >= 11 is 0. The molecule has 0 saturated carbocycles. The van der Waals surface area contributed by atoms with Crippen molar-refractivity contribution < 1.29 is 14.6 Å². The second-order valence-electron chi connectivity index (χ2n) is 6.23. The van der Waals surface area contributed by atoms with Gasteiger partial charge in [-0.25, -0.2) is 9.78 Å². The number of aromatic nitrogens is 1. The van der Waals surface area contributed by atoms with Gasteiger partial charge in [0.1, 0.15) is 5.75 Å². The average Bonchev–Trinajstić information content (AvgIpc) is 2.74. The largest absolute Gasteiger partial charge is 0.439 e. The Hall–Kier alpha value is -3.38. The van der Waals surface area contributed by atoms with Gasteiger partial charge < -0.3 is 20.5 Å². The summed E-state index contributed by atoms with van der Waals surface area (Å²) in [6.45, 7) is 1.89. The van der Waals surface area contributed by atoms with E-state index in [0.29, 0.717) is 11.6 Å². The summed E-state index contributed by atoms with van der Waals surface area (Å²) in [4.78, 5) is 16.4. The van der Waals surface area contributed by atoms with Crippen molar-refractivity contribution in [2.24, 2.45) is 0 Å². The highest BCUT2D eigenvalue weighted by Gasteiger charge is 2.13. The molecule has 6 nitrogen and oxygen atoms in total. The van der Waals surface area contributed by atoms with Crippen LogP contribution in [0.5, 0.6) is 11.6 Å². The normalized spacial score (nSPS) is 11.5. The van der Waals surface area contributed by atoms with Crippen molar-refractivity contribution in [1.29, 1.82) is 0 Å². The molecular weight excluding hydrogens is 354 g/mol. The average molecular weight is 377 g/mol. The van der Waals surface area contributed by atoms with Gasteiger partial charge in [0.25, 0.3) is 0 Å². The molecule has 0 aliphatic heterocycles. The molecule has 1 atom stereocenters. The van der Waals surface area contributed by atoms with Crippen LogP contribution >= 0.6 is 0 Å². The highest BCUT2D eigenvalue weighted by atomic mass is 16.5. The fourth-order valence-corrected chi connectivity index (χ4v) is 2.71. The minimum Gasteiger partial charge on any atom is -0.439 e. The van der Waals surface area contributed by atoms with Crippen LogP contribution in [0.3, 0.4) is 0 Å². The number of ether oxygens (including phenoxy) is 1. The van der Waals surface area contributed by atoms with Crippen LogP contribution in [0.15, 0.2) is 72.9 Å². The van der Waals surface area contributed by atoms with Gasteiger partial charge in [-0.3, -0.25) is 0 Å². The number of aliphatic hydroxyl groups excluding tert-OH is 1. The van der Waals surface area contributed by atoms with E-state index in [1.54, 1.807) is 12.1 Å². The minimum absolute atomic E-state index is 0.195. The van der Waals surface area contributed by atoms with E-state index < -0.39 is 12.1 Å². The second kappa shape index (κ2) is 9.53. The van der Waals surface area contributed by atoms with E-state index >= 15 is 0 Å². The number of aliphatic hydroxyl groups is 1. The zero-order valence-electron chi connectivity index (χ0n) is 15.6. The Labute approximate surface area is 164 Å². The molecule has 3 rings (SSSR count). The van der Waals surface area contributed by atoms with Crippen molar-refractivity contribution in [3.63, 3.8) is 0 Å². The molecule has 3 aromatic rings. The molecule has 2 amide bonds. The van der Waals surface area contributed by atoms with Gasteiger partial charge in [-0.1, -0.05) is 49.4 Å². The number of nitrogens with zero attached hydrogens (tertiary/aromatic N) is 1. The third-order valence-electron chi connectivity index (χ3n) is 4.21. The van der Waals surface area contributed by atoms with E-state index in [2.05, 4.69) is 22.5 Å². The molecule has 3 N–H and O–H groups in total. The lowest BCUT2D eigenvalue weighted by molar-refractivity contribution is 0.225. The van der Waals surface area contributed by atoms with Gasteiger partial charge in [0.2, 0.25) is 5.88 Å². The van der Waals surface area contributed by atoms with Gasteiger partial charge in [-0.2, -0.15) is 0 Å². The predicted molar refractivity (Wildman–Crippen MR) is 109 cm³/mol. The van der Waals surface area contributed by atoms with Crippen molar-refractivity contribution in [2.45, 2.75) is 19.4 Å². The smallest absolute Gasteiger partial charge is 0.319 e. The second-order valence-corrected chi connectivity index (χ2v) is 6.23. The number of pyridine rings is 1. The van der Waals surface area contributed by atoms with Crippen LogP contribution in [0.2, 0.25) is 0 Å². The Morgan fingerprint density at radius 2 is 1.93 bits per heavy atom. The molecule has 0 unspecified atom stereocenters. The maximum atomic E-state index is 12.2. The van der Waals surface area contributed by atoms with Gasteiger partial charge >= 0.3 is 6.03 Å². The Bertz CT molecular complexity index is 898. The van der Waals surface area contributed by atoms with Crippen LogP contribution in [-0.4, -0.2) is 22.7 Å². The molecule has 144 valence electrons. The van der Waals surface area contributed by atoms with Crippen LogP contribution in [0.25, 0.3) is 0 Å². The summed E-state index contributed by atoms with van der Waals surface area (Å²) in [5.41, 5.74) is 2.54. The summed E-state index contributed by atoms with van der Waals surface area (Å²) < 4.78 is 5.75. The molecule has 0 aliphatic carbocycles. The Morgan fingerprint density at radius 3 is 2.61 bits per heavy atom. The topological polar surface area (TPSA) is 83.5 Å². The number of nitrogens with one attached hydrogen (secondary N) is 2. The number of aryl methyl sites for hydroxylation is 1. The Kier molecular flexibility index (Phi) is 6.59. The van der Waals surface area contributed by atoms with Crippen LogP contribution in [-0.2, 0) is 6.42 Å². The molecule has 1 heterocycles. The minimum atomic E-state index is -0.484. The number of rotatable bonds is 7. The maximum absolute atomic E-state index is 12.2. The summed E-state index contributed by atoms with van der Waals surface area (Å²) in [6, 6.07) is 19.6. The number of hydrogen-bond donors (Lipinski definition) is 3. The van der Waals surface area contributed by atoms with Crippen molar-refractivity contribution in [1.82, 2.24) is 10.3 Å². The van der Waals surface area contributed by atoms with Crippen LogP contribution < -0.4 is 15.4 Å². The quantitative estimate of drug-likeness (QED) is 0.573. The van der Waals surface area contributed by atoms with E-state index in [1.165, 1.54) is 11.8 Å². The first-order valence-corrected chi connectivity index (χ1v) is 9.14. The monoisotopic (exact) mass is 377 g/mol. The lowest BCUT2D eigenvalue weighted by atomic mass is 10.1. The van der Waals surface area contributed by atoms with E-state index in [9.17, 15) is 9.90 Å². The third kappa shape index (κ3) is 5.31. The van der Waals surface area contributed by atoms with Gasteiger partial charge in [0.05, 0.1) is 24.5 Å². The Balaban J connectivity index is 1.58. The number of amides is 2. The molecule has 0 spiro atoms. The van der Waals surface area contributed by atoms with Crippen molar-refractivity contribution in [3.05, 3.63) is 84.1 Å². The molecule has 2 aromatic carbocycles. The molecule has 0 bridgehead atoms. The van der Waals surface area contributed by atoms with Gasteiger partial charge in [0, 0.05) is 6.07 Å². The molecule has 0 aliphatic rings. The van der Waals surface area contributed by atoms with Gasteiger partial charge in [-0.15, -0.1) is 0 Å². The first kappa shape index (κ1) is 19.4. The first-order chi connectivity index (χ1) is 13.7. The predicted octanol–water partition coefficient (Wildman–Crippen LogP) is 4.29. The van der Waals surface area contributed by atoms with Crippen molar-refractivity contribution in [3.8, 4) is 11.6 Å². The molecule has 0 saturated heterocycles. The summed E-state index contributed by atoms with van der Waals surface area (Å²) in [7, 11) is 0. The SMILES string of the molecule is CCc1cccc(Oc2ccc(NC(=O)N[C@H](CO)c3ccccc3)cn2)c1. The fraction of sp³-hybridized carbons (Fsp3) is 0.182. The van der Waals surface area contributed by atoms with E-state index in [1.807, 2.05) is 54.6 Å². The summed E-state index contributed by atoms with van der Waals surface area (Å²) in [5, 5.41) is 15.0. The molecule has 0 radical (unpaired) electrons. The van der Waals surface area contributed by atoms with Crippen LogP contribution in [0.1, 0.15) is 24.1 Å². The molecular formula is C22H23N3O3. The summed E-state index contributed by atoms with van der Waals surface area (Å²) in [6.07, 6.45) is 2.45. The summed E-state index contributed by atoms with van der Waals surface area (Å²) in [5.74, 6) is 1.16. The van der Waals surface area contributed by atoms with E-state index in [4.69, 9.17) is 4.74 Å². The van der Waals surface area contributed by atoms with Gasteiger partial charge in [0.15, 0.2) is 0 Å². The number of benzene rings is 2. The van der Waals surface area contributed by atoms with Gasteiger partial charge in [-0.05, 0) is 35.7 Å². The zero-order valence-corrected chi connectivity index (χ0v) is 15.6. The number of hydrogen-bond acceptors (Lipinski definition) is 4. The fourth-order valence-electron chi connectivity index (χ4n) is 2.71. The van der Waals surface area contributed by atoms with Crippen LogP contribution in [0, 0.1) is 0 Å². The number of carbonyl (C=O) groups is 1. The Morgan fingerprint density at radius 1 is 1.11 bits per heavy atom. The maximum Gasteiger partial charge on any atom is 0.319 e. The number of carbonyl (C=O) groups excluding carboxylic acids is 1. The standard InChI is InChI=1S/C22H23N3O3/c1-2-16-7-6-10-19(13-16)28-21-12-11-18(14-23-21)24-22(27)25-20(15-26)17-8-4-3-5-9-17/h3-14,20,26H,2,15H2,1H3,(H2,24,25,27)/t20-/m1/s1. The zero-order chi connectivity index (χ0) is 19.8. The number of urea groups is 1. The van der Waals surface area contributed by atoms with Crippen molar-refractivity contribution >= 4 is 11.7 Å². The van der Waals surface area contributed by atoms with E-state index in [0.717, 1.165) is 17.7 Å². The van der Waals surface area contributed by atoms with Crippen molar-refractivity contribution in [2.75, 3.05) is 11.9 Å². The molecule has 6 heteroatoms. The highest BCUT2D eigenvalue weighted by molar-refractivity contribution is 5.89. The molecule has 0 fully saturated rings. The number of anilines is 1. The third-order valence-corrected chi connectivity index (χ3v) is 4.21. The highest BCUT2D eigenvalue weighted by Crippen LogP contribution is 2.22. The lowest BCUT2D eigenvalue weighted by Crippen LogP contribution is -2.34. The lowest BCUT2D eigenvalue weighted by Gasteiger charge is -2.17. The molecule has 1 aromatic heterocycles. The van der Waals surface area contributed by atoms with Crippen LogP contribution in [0.4, 0.5) is 10.5 Å². The van der Waals surface area contributed by atoms with E-state index in [-0.39, 0.29) is 6.61 Å². The molecule has 28 heavy (non-hydrogen) atoms.